The number of furan rings is 1. The molecule has 0 saturated heterocycles. The molecule has 0 aliphatic heterocycles. The van der Waals surface area contributed by atoms with Gasteiger partial charge in [0, 0.05) is 0 Å². The molecule has 2 rings (SSSR count). The van der Waals surface area contributed by atoms with Crippen molar-refractivity contribution in [2.24, 2.45) is 0 Å². The number of nitrogens with one attached hydrogen (secondary N) is 1. The molecule has 1 aromatic carbocycles. The fourth-order valence-electron chi connectivity index (χ4n) is 1.47. The summed E-state index contributed by atoms with van der Waals surface area (Å²) in [5.41, 5.74) is 0. The van der Waals surface area contributed by atoms with Crippen molar-refractivity contribution >= 4 is 33.2 Å². The number of rotatable bonds is 4. The highest BCUT2D eigenvalue weighted by Crippen LogP contribution is 2.24. The maximum Gasteiger partial charge on any atom is 0.241 e. The summed E-state index contributed by atoms with van der Waals surface area (Å²) in [6.07, 6.45) is 0. The Morgan fingerprint density at radius 3 is 2.47 bits per heavy atom. The molecular weight excluding hydrogens is 309 g/mol. The molecule has 0 saturated carbocycles. The highest BCUT2D eigenvalue weighted by Gasteiger charge is 2.15. The minimum Gasteiger partial charge on any atom is -0.465 e. The fourth-order valence-corrected chi connectivity index (χ4v) is 2.86. The molecule has 0 aliphatic rings. The van der Waals surface area contributed by atoms with Crippen LogP contribution in [-0.4, -0.2) is 8.42 Å². The van der Waals surface area contributed by atoms with Crippen LogP contribution in [0.3, 0.4) is 0 Å². The number of hydrogen-bond donors (Lipinski definition) is 1. The Bertz CT molecular complexity index is 695. The maximum atomic E-state index is 12.0. The van der Waals surface area contributed by atoms with Gasteiger partial charge in [0.1, 0.15) is 11.5 Å². The van der Waals surface area contributed by atoms with Gasteiger partial charge in [0.2, 0.25) is 10.0 Å². The van der Waals surface area contributed by atoms with E-state index in [1.165, 1.54) is 18.2 Å². The monoisotopic (exact) mass is 319 g/mol. The summed E-state index contributed by atoms with van der Waals surface area (Å²) in [4.78, 5) is 0.0604. The molecule has 0 spiro atoms. The molecule has 0 unspecified atom stereocenters. The lowest BCUT2D eigenvalue weighted by Gasteiger charge is -2.06. The Balaban J connectivity index is 2.16. The molecule has 1 N–H and O–H groups in total. The van der Waals surface area contributed by atoms with Crippen LogP contribution in [0.4, 0.5) is 0 Å². The first-order chi connectivity index (χ1) is 8.88. The van der Waals surface area contributed by atoms with Crippen LogP contribution in [-0.2, 0) is 16.6 Å². The first-order valence-corrected chi connectivity index (χ1v) is 7.62. The van der Waals surface area contributed by atoms with E-state index in [4.69, 9.17) is 27.6 Å². The summed E-state index contributed by atoms with van der Waals surface area (Å²) in [6.45, 7) is 1.87. The van der Waals surface area contributed by atoms with Crippen molar-refractivity contribution < 1.29 is 12.8 Å². The zero-order chi connectivity index (χ0) is 14.0. The lowest BCUT2D eigenvalue weighted by Crippen LogP contribution is -2.23. The highest BCUT2D eigenvalue weighted by molar-refractivity contribution is 7.89. The number of halogens is 2. The molecule has 19 heavy (non-hydrogen) atoms. The molecule has 0 radical (unpaired) electrons. The third kappa shape index (κ3) is 3.51. The van der Waals surface area contributed by atoms with E-state index >= 15 is 0 Å². The molecule has 1 aromatic heterocycles. The number of aryl methyl sites for hydroxylation is 1. The van der Waals surface area contributed by atoms with E-state index in [0.717, 1.165) is 5.76 Å². The smallest absolute Gasteiger partial charge is 0.241 e. The first-order valence-electron chi connectivity index (χ1n) is 5.38. The van der Waals surface area contributed by atoms with Gasteiger partial charge in [0.15, 0.2) is 0 Å². The predicted octanol–water partition coefficient (Wildman–Crippen LogP) is 3.37. The van der Waals surface area contributed by atoms with Crippen LogP contribution in [0, 0.1) is 6.92 Å². The molecule has 0 aliphatic carbocycles. The quantitative estimate of drug-likeness (QED) is 0.939. The average molecular weight is 320 g/mol. The molecule has 0 fully saturated rings. The van der Waals surface area contributed by atoms with Crippen LogP contribution in [0.1, 0.15) is 11.5 Å². The standard InChI is InChI=1S/C12H11Cl2NO3S/c1-8-2-3-9(18-8)7-15-19(16,17)10-4-5-11(13)12(14)6-10/h2-6,15H,7H2,1H3. The van der Waals surface area contributed by atoms with E-state index in [1.807, 2.05) is 0 Å². The molecule has 1 heterocycles. The maximum absolute atomic E-state index is 12.0. The summed E-state index contributed by atoms with van der Waals surface area (Å²) >= 11 is 11.5. The van der Waals surface area contributed by atoms with E-state index in [1.54, 1.807) is 19.1 Å². The van der Waals surface area contributed by atoms with E-state index in [0.29, 0.717) is 10.8 Å². The SMILES string of the molecule is Cc1ccc(CNS(=O)(=O)c2ccc(Cl)c(Cl)c2)o1. The summed E-state index contributed by atoms with van der Waals surface area (Å²) in [5, 5.41) is 0.501. The second kappa shape index (κ2) is 5.54. The molecule has 0 amide bonds. The Labute approximate surface area is 121 Å². The van der Waals surface area contributed by atoms with Crippen molar-refractivity contribution in [3.63, 3.8) is 0 Å². The average Bonchev–Trinajstić information content (AvgIpc) is 2.76. The minimum absolute atomic E-state index is 0.0604. The second-order valence-electron chi connectivity index (χ2n) is 3.91. The summed E-state index contributed by atoms with van der Waals surface area (Å²) in [7, 11) is -3.64. The first kappa shape index (κ1) is 14.4. The van der Waals surface area contributed by atoms with Crippen molar-refractivity contribution in [1.82, 2.24) is 4.72 Å². The van der Waals surface area contributed by atoms with Crippen LogP contribution >= 0.6 is 23.2 Å². The predicted molar refractivity (Wildman–Crippen MR) is 73.9 cm³/mol. The van der Waals surface area contributed by atoms with Gasteiger partial charge in [-0.2, -0.15) is 0 Å². The van der Waals surface area contributed by atoms with Gasteiger partial charge in [0.05, 0.1) is 21.5 Å². The van der Waals surface area contributed by atoms with Crippen molar-refractivity contribution in [1.29, 1.82) is 0 Å². The third-order valence-electron chi connectivity index (χ3n) is 2.43. The van der Waals surface area contributed by atoms with E-state index in [9.17, 15) is 8.42 Å². The fraction of sp³-hybridized carbons (Fsp3) is 0.167. The molecule has 4 nitrogen and oxygen atoms in total. The van der Waals surface area contributed by atoms with Gasteiger partial charge in [-0.1, -0.05) is 23.2 Å². The summed E-state index contributed by atoms with van der Waals surface area (Å²) in [5.74, 6) is 1.27. The van der Waals surface area contributed by atoms with Gasteiger partial charge >= 0.3 is 0 Å². The molecule has 102 valence electrons. The molecule has 0 atom stereocenters. The van der Waals surface area contributed by atoms with Gasteiger partial charge in [-0.3, -0.25) is 0 Å². The Hall–Kier alpha value is -1.01. The normalized spacial score (nSPS) is 11.7. The van der Waals surface area contributed by atoms with Crippen molar-refractivity contribution in [2.45, 2.75) is 18.4 Å². The van der Waals surface area contributed by atoms with Gasteiger partial charge < -0.3 is 4.42 Å². The minimum atomic E-state index is -3.64. The number of hydrogen-bond acceptors (Lipinski definition) is 3. The van der Waals surface area contributed by atoms with Crippen LogP contribution < -0.4 is 4.72 Å². The second-order valence-corrected chi connectivity index (χ2v) is 6.49. The molecule has 7 heteroatoms. The zero-order valence-corrected chi connectivity index (χ0v) is 12.3. The van der Waals surface area contributed by atoms with Crippen LogP contribution in [0.25, 0.3) is 0 Å². The summed E-state index contributed by atoms with van der Waals surface area (Å²) in [6, 6.07) is 7.62. The summed E-state index contributed by atoms with van der Waals surface area (Å²) < 4.78 is 31.8. The van der Waals surface area contributed by atoms with Gasteiger partial charge in [-0.15, -0.1) is 0 Å². The topological polar surface area (TPSA) is 59.3 Å². The Kier molecular flexibility index (Phi) is 4.20. The van der Waals surface area contributed by atoms with Crippen LogP contribution in [0.5, 0.6) is 0 Å². The van der Waals surface area contributed by atoms with E-state index < -0.39 is 10.0 Å². The van der Waals surface area contributed by atoms with Gasteiger partial charge in [-0.05, 0) is 37.3 Å². The van der Waals surface area contributed by atoms with Crippen molar-refractivity contribution in [3.05, 3.63) is 51.9 Å². The molecule has 0 bridgehead atoms. The van der Waals surface area contributed by atoms with Gasteiger partial charge in [-0.25, -0.2) is 13.1 Å². The Morgan fingerprint density at radius 1 is 1.16 bits per heavy atom. The molecule has 2 aromatic rings. The molecular formula is C12H11Cl2NO3S. The lowest BCUT2D eigenvalue weighted by atomic mass is 10.4. The Morgan fingerprint density at radius 2 is 1.89 bits per heavy atom. The van der Waals surface area contributed by atoms with Crippen LogP contribution in [0.2, 0.25) is 10.0 Å². The van der Waals surface area contributed by atoms with Crippen molar-refractivity contribution in [2.75, 3.05) is 0 Å². The van der Waals surface area contributed by atoms with E-state index in [2.05, 4.69) is 4.72 Å². The number of benzene rings is 1. The van der Waals surface area contributed by atoms with Crippen LogP contribution in [0.15, 0.2) is 39.6 Å². The zero-order valence-electron chi connectivity index (χ0n) is 9.98. The lowest BCUT2D eigenvalue weighted by molar-refractivity contribution is 0.475. The largest absolute Gasteiger partial charge is 0.465 e. The van der Waals surface area contributed by atoms with E-state index in [-0.39, 0.29) is 16.5 Å². The number of sulfonamides is 1. The highest BCUT2D eigenvalue weighted by atomic mass is 35.5. The van der Waals surface area contributed by atoms with Crippen molar-refractivity contribution in [3.8, 4) is 0 Å². The third-order valence-corrected chi connectivity index (χ3v) is 4.57. The van der Waals surface area contributed by atoms with Gasteiger partial charge in [0.25, 0.3) is 0 Å².